The number of halogens is 1. The van der Waals surface area contributed by atoms with E-state index in [4.69, 9.17) is 11.6 Å². The van der Waals surface area contributed by atoms with Crippen LogP contribution < -0.4 is 5.32 Å². The Morgan fingerprint density at radius 3 is 2.69 bits per heavy atom. The molecule has 2 aromatic heterocycles. The molecule has 0 bridgehead atoms. The molecule has 1 amide bonds. The zero-order chi connectivity index (χ0) is 23.1. The molecule has 0 aliphatic rings. The quantitative estimate of drug-likeness (QED) is 0.397. The van der Waals surface area contributed by atoms with E-state index in [0.29, 0.717) is 39.6 Å². The number of fused-ring (bicyclic) bond motifs is 1. The Balaban J connectivity index is 2.11. The van der Waals surface area contributed by atoms with Gasteiger partial charge in [0.25, 0.3) is 0 Å². The smallest absolute Gasteiger partial charge is 0.241 e. The van der Waals surface area contributed by atoms with Gasteiger partial charge in [-0.15, -0.1) is 10.2 Å². The van der Waals surface area contributed by atoms with Crippen molar-refractivity contribution in [2.75, 3.05) is 27.2 Å². The Morgan fingerprint density at radius 1 is 1.28 bits per heavy atom. The average Bonchev–Trinajstić information content (AvgIpc) is 3.13. The molecule has 166 valence electrons. The third-order valence-electron chi connectivity index (χ3n) is 4.67. The summed E-state index contributed by atoms with van der Waals surface area (Å²) in [5, 5.41) is 17.3. The summed E-state index contributed by atoms with van der Waals surface area (Å²) in [6, 6.07) is 9.57. The number of nitrogens with one attached hydrogen (secondary N) is 1. The maximum atomic E-state index is 12.5. The van der Waals surface area contributed by atoms with Crippen molar-refractivity contribution in [3.63, 3.8) is 0 Å². The molecule has 0 saturated heterocycles. The van der Waals surface area contributed by atoms with Gasteiger partial charge in [0.2, 0.25) is 5.91 Å². The highest BCUT2D eigenvalue weighted by Crippen LogP contribution is 2.35. The number of allylic oxidation sites excluding steroid dienone is 3. The Morgan fingerprint density at radius 2 is 2.03 bits per heavy atom. The second-order valence-corrected chi connectivity index (χ2v) is 7.73. The van der Waals surface area contributed by atoms with Crippen molar-refractivity contribution in [1.29, 1.82) is 0 Å². The lowest BCUT2D eigenvalue weighted by Gasteiger charge is -2.10. The maximum Gasteiger partial charge on any atom is 0.241 e. The van der Waals surface area contributed by atoms with Crippen molar-refractivity contribution in [2.24, 2.45) is 4.99 Å². The zero-order valence-electron chi connectivity index (χ0n) is 18.4. The fraction of sp³-hybridized carbons (Fsp3) is 0.261. The molecule has 3 rings (SSSR count). The van der Waals surface area contributed by atoms with Crippen molar-refractivity contribution in [3.8, 4) is 11.3 Å². The Hall–Kier alpha value is -3.36. The number of rotatable bonds is 9. The standard InChI is InChI=1S/C23H26ClN7O/c1-5-9-17(14-25-2)21-19-20(24)22(16-10-7-6-8-11-16)27-28-23(19)31(29-21)15-18(32)26-12-13-30(3)4/h5-11,14H,2,12-13,15H2,1,3-4H3,(H,26,32)/b9-5-,17-14+. The summed E-state index contributed by atoms with van der Waals surface area (Å²) in [5.41, 5.74) is 3.07. The van der Waals surface area contributed by atoms with Crippen LogP contribution in [0.5, 0.6) is 0 Å². The highest BCUT2D eigenvalue weighted by molar-refractivity contribution is 6.38. The summed E-state index contributed by atoms with van der Waals surface area (Å²) in [4.78, 5) is 18.4. The minimum Gasteiger partial charge on any atom is -0.353 e. The van der Waals surface area contributed by atoms with Gasteiger partial charge < -0.3 is 10.2 Å². The molecule has 1 aromatic carbocycles. The first kappa shape index (κ1) is 23.3. The number of hydrogen-bond acceptors (Lipinski definition) is 6. The molecule has 0 radical (unpaired) electrons. The molecule has 0 atom stereocenters. The van der Waals surface area contributed by atoms with Crippen LogP contribution in [0.15, 0.2) is 53.7 Å². The van der Waals surface area contributed by atoms with Crippen LogP contribution in [-0.2, 0) is 11.3 Å². The fourth-order valence-corrected chi connectivity index (χ4v) is 3.50. The molecule has 3 aromatic rings. The van der Waals surface area contributed by atoms with Crippen molar-refractivity contribution in [2.45, 2.75) is 13.5 Å². The molecule has 9 heteroatoms. The monoisotopic (exact) mass is 451 g/mol. The second-order valence-electron chi connectivity index (χ2n) is 7.35. The van der Waals surface area contributed by atoms with E-state index < -0.39 is 0 Å². The van der Waals surface area contributed by atoms with Gasteiger partial charge in [-0.05, 0) is 27.7 Å². The van der Waals surface area contributed by atoms with Gasteiger partial charge in [-0.2, -0.15) is 5.10 Å². The molecule has 32 heavy (non-hydrogen) atoms. The average molecular weight is 452 g/mol. The molecule has 2 heterocycles. The van der Waals surface area contributed by atoms with Crippen molar-refractivity contribution in [3.05, 3.63) is 59.4 Å². The summed E-state index contributed by atoms with van der Waals surface area (Å²) in [7, 11) is 3.90. The number of hydrogen-bond donors (Lipinski definition) is 1. The number of benzene rings is 1. The summed E-state index contributed by atoms with van der Waals surface area (Å²) in [6.45, 7) is 6.71. The first-order valence-corrected chi connectivity index (χ1v) is 10.5. The number of carbonyl (C=O) groups is 1. The molecular formula is C23H26ClN7O. The van der Waals surface area contributed by atoms with E-state index in [1.165, 1.54) is 4.68 Å². The number of likely N-dealkylation sites (N-methyl/N-ethyl adjacent to an activating group) is 1. The number of carbonyl (C=O) groups excluding carboxylic acids is 1. The molecule has 8 nitrogen and oxygen atoms in total. The highest BCUT2D eigenvalue weighted by Gasteiger charge is 2.22. The Labute approximate surface area is 192 Å². The molecule has 1 N–H and O–H groups in total. The van der Waals surface area contributed by atoms with Gasteiger partial charge in [-0.3, -0.25) is 9.79 Å². The van der Waals surface area contributed by atoms with Crippen molar-refractivity contribution in [1.82, 2.24) is 30.2 Å². The predicted octanol–water partition coefficient (Wildman–Crippen LogP) is 3.44. The minimum absolute atomic E-state index is 0.00966. The van der Waals surface area contributed by atoms with E-state index in [9.17, 15) is 4.79 Å². The van der Waals surface area contributed by atoms with Crippen molar-refractivity contribution < 1.29 is 4.79 Å². The van der Waals surface area contributed by atoms with Crippen LogP contribution in [0.25, 0.3) is 27.9 Å². The highest BCUT2D eigenvalue weighted by atomic mass is 35.5. The van der Waals surface area contributed by atoms with Crippen LogP contribution in [-0.4, -0.2) is 64.7 Å². The van der Waals surface area contributed by atoms with Crippen LogP contribution >= 0.6 is 11.6 Å². The van der Waals surface area contributed by atoms with Crippen LogP contribution in [0.1, 0.15) is 12.6 Å². The fourth-order valence-electron chi connectivity index (χ4n) is 3.18. The van der Waals surface area contributed by atoms with Gasteiger partial charge in [0.1, 0.15) is 17.9 Å². The van der Waals surface area contributed by atoms with Gasteiger partial charge in [0.05, 0.1) is 10.4 Å². The summed E-state index contributed by atoms with van der Waals surface area (Å²) in [6.07, 6.45) is 5.33. The third-order valence-corrected chi connectivity index (χ3v) is 5.04. The lowest BCUT2D eigenvalue weighted by atomic mass is 10.1. The van der Waals surface area contributed by atoms with E-state index in [-0.39, 0.29) is 12.5 Å². The SMILES string of the molecule is C=N/C=C(\C=C/C)c1nn(CC(=O)NCCN(C)C)c2nnc(-c3ccccc3)c(Cl)c12. The molecule has 0 unspecified atom stereocenters. The molecule has 0 aliphatic heterocycles. The molecule has 0 fully saturated rings. The maximum absolute atomic E-state index is 12.5. The Bertz CT molecular complexity index is 1170. The van der Waals surface area contributed by atoms with E-state index in [2.05, 4.69) is 32.3 Å². The van der Waals surface area contributed by atoms with Gasteiger partial charge in [-0.25, -0.2) is 4.68 Å². The minimum atomic E-state index is -0.175. The van der Waals surface area contributed by atoms with Gasteiger partial charge in [0, 0.05) is 30.4 Å². The number of nitrogens with zero attached hydrogens (tertiary/aromatic N) is 6. The second kappa shape index (κ2) is 10.8. The van der Waals surface area contributed by atoms with Crippen LogP contribution in [0, 0.1) is 0 Å². The largest absolute Gasteiger partial charge is 0.353 e. The zero-order valence-corrected chi connectivity index (χ0v) is 19.2. The number of aliphatic imine (C=N–C) groups is 1. The number of aromatic nitrogens is 4. The topological polar surface area (TPSA) is 88.3 Å². The van der Waals surface area contributed by atoms with E-state index in [1.807, 2.05) is 68.4 Å². The summed E-state index contributed by atoms with van der Waals surface area (Å²) >= 11 is 6.83. The lowest BCUT2D eigenvalue weighted by Crippen LogP contribution is -2.33. The van der Waals surface area contributed by atoms with Crippen LogP contribution in [0.2, 0.25) is 5.02 Å². The van der Waals surface area contributed by atoms with Gasteiger partial charge in [-0.1, -0.05) is 54.1 Å². The first-order valence-electron chi connectivity index (χ1n) is 10.1. The molecule has 0 saturated carbocycles. The third kappa shape index (κ3) is 5.27. The van der Waals surface area contributed by atoms with Crippen LogP contribution in [0.3, 0.4) is 0 Å². The van der Waals surface area contributed by atoms with E-state index in [1.54, 1.807) is 6.20 Å². The van der Waals surface area contributed by atoms with Gasteiger partial charge >= 0.3 is 0 Å². The lowest BCUT2D eigenvalue weighted by molar-refractivity contribution is -0.121. The van der Waals surface area contributed by atoms with Crippen LogP contribution in [0.4, 0.5) is 0 Å². The summed E-state index contributed by atoms with van der Waals surface area (Å²) in [5.74, 6) is -0.175. The van der Waals surface area contributed by atoms with Gasteiger partial charge in [0.15, 0.2) is 5.65 Å². The normalized spacial score (nSPS) is 12.1. The predicted molar refractivity (Wildman–Crippen MR) is 130 cm³/mol. The van der Waals surface area contributed by atoms with E-state index >= 15 is 0 Å². The molecule has 0 spiro atoms. The summed E-state index contributed by atoms with van der Waals surface area (Å²) < 4.78 is 1.52. The molecular weight excluding hydrogens is 426 g/mol. The Kier molecular flexibility index (Phi) is 7.86. The van der Waals surface area contributed by atoms with Crippen molar-refractivity contribution >= 4 is 40.8 Å². The van der Waals surface area contributed by atoms with E-state index in [0.717, 1.165) is 12.1 Å². The molecule has 0 aliphatic carbocycles. The first-order chi connectivity index (χ1) is 15.5. The number of amides is 1.